The number of methoxy groups -OCH3 is 3. The number of rotatable bonds is 13. The Morgan fingerprint density at radius 3 is 2.00 bits per heavy atom. The zero-order valence-electron chi connectivity index (χ0n) is 23.4. The van der Waals surface area contributed by atoms with Crippen LogP contribution in [0.4, 0.5) is 0 Å². The van der Waals surface area contributed by atoms with E-state index in [2.05, 4.69) is 11.8 Å². The Kier molecular flexibility index (Phi) is 11.2. The Morgan fingerprint density at radius 2 is 1.46 bits per heavy atom. The Hall–Kier alpha value is -3.13. The Bertz CT molecular complexity index is 1260. The van der Waals surface area contributed by atoms with Crippen molar-refractivity contribution in [2.45, 2.75) is 56.6 Å². The summed E-state index contributed by atoms with van der Waals surface area (Å²) in [6.07, 6.45) is 1.96. The number of nitrogens with two attached hydrogens (primary N) is 1. The molecule has 10 heteroatoms. The van der Waals surface area contributed by atoms with Crippen molar-refractivity contribution in [2.75, 3.05) is 46.8 Å². The second kappa shape index (κ2) is 14.3. The molecular formula is C29H39NO8S. The molecule has 1 unspecified atom stereocenters. The van der Waals surface area contributed by atoms with Crippen molar-refractivity contribution in [3.63, 3.8) is 0 Å². The van der Waals surface area contributed by atoms with E-state index in [1.807, 2.05) is 26.0 Å². The van der Waals surface area contributed by atoms with E-state index in [0.717, 1.165) is 5.56 Å². The largest absolute Gasteiger partial charge is 0.493 e. The number of sulfone groups is 1. The van der Waals surface area contributed by atoms with Gasteiger partial charge in [0.2, 0.25) is 5.75 Å². The van der Waals surface area contributed by atoms with E-state index in [9.17, 15) is 8.42 Å². The third-order valence-electron chi connectivity index (χ3n) is 6.28. The van der Waals surface area contributed by atoms with E-state index in [1.54, 1.807) is 33.5 Å². The van der Waals surface area contributed by atoms with Crippen LogP contribution in [0.25, 0.3) is 0 Å². The molecule has 0 spiro atoms. The zero-order chi connectivity index (χ0) is 28.4. The lowest BCUT2D eigenvalue weighted by molar-refractivity contribution is 0.0435. The first-order valence-corrected chi connectivity index (χ1v) is 14.8. The maximum absolute atomic E-state index is 13.3. The minimum absolute atomic E-state index is 0.00898. The summed E-state index contributed by atoms with van der Waals surface area (Å²) in [5.74, 6) is 7.70. The maximum Gasteiger partial charge on any atom is 0.203 e. The summed E-state index contributed by atoms with van der Waals surface area (Å²) in [5, 5.41) is 0. The first kappa shape index (κ1) is 30.4. The van der Waals surface area contributed by atoms with Crippen molar-refractivity contribution < 1.29 is 36.8 Å². The van der Waals surface area contributed by atoms with Crippen molar-refractivity contribution in [3.8, 4) is 40.6 Å². The minimum atomic E-state index is -3.64. The molecule has 2 aromatic carbocycles. The summed E-state index contributed by atoms with van der Waals surface area (Å²) in [6.45, 7) is 4.39. The average Bonchev–Trinajstić information content (AvgIpc) is 3.43. The molecule has 39 heavy (non-hydrogen) atoms. The normalized spacial score (nSPS) is 16.8. The van der Waals surface area contributed by atoms with E-state index in [1.165, 1.54) is 0 Å². The summed E-state index contributed by atoms with van der Waals surface area (Å²) in [5.41, 5.74) is 7.04. The van der Waals surface area contributed by atoms with Gasteiger partial charge in [0.25, 0.3) is 0 Å². The monoisotopic (exact) mass is 561 g/mol. The average molecular weight is 562 g/mol. The molecule has 0 saturated carbocycles. The van der Waals surface area contributed by atoms with Crippen LogP contribution in [0.3, 0.4) is 0 Å². The van der Waals surface area contributed by atoms with Gasteiger partial charge in [-0.15, -0.1) is 0 Å². The summed E-state index contributed by atoms with van der Waals surface area (Å²) < 4.78 is 61.5. The maximum atomic E-state index is 13.3. The fraction of sp³-hybridized carbons (Fsp3) is 0.517. The van der Waals surface area contributed by atoms with Crippen molar-refractivity contribution in [1.29, 1.82) is 0 Å². The van der Waals surface area contributed by atoms with Crippen LogP contribution in [-0.2, 0) is 14.6 Å². The summed E-state index contributed by atoms with van der Waals surface area (Å²) in [7, 11) is 1.06. The zero-order valence-corrected chi connectivity index (χ0v) is 24.2. The van der Waals surface area contributed by atoms with Gasteiger partial charge in [0.15, 0.2) is 32.8 Å². The Morgan fingerprint density at radius 1 is 0.846 bits per heavy atom. The molecule has 3 rings (SSSR count). The predicted molar refractivity (Wildman–Crippen MR) is 149 cm³/mol. The molecule has 0 bridgehead atoms. The molecule has 0 aromatic heterocycles. The SMILES string of the molecule is CCCOc1c(OCC#CCN)cc(C2CC[C@H](c3cc(OC)c(OC)c(OC)c3)O2)cc1S(=O)(=O)CCC. The molecule has 2 aromatic rings. The molecule has 0 radical (unpaired) electrons. The van der Waals surface area contributed by atoms with Crippen LogP contribution in [0.1, 0.15) is 62.9 Å². The smallest absolute Gasteiger partial charge is 0.203 e. The molecule has 0 amide bonds. The highest BCUT2D eigenvalue weighted by molar-refractivity contribution is 7.91. The van der Waals surface area contributed by atoms with Gasteiger partial charge in [-0.05, 0) is 61.1 Å². The predicted octanol–water partition coefficient (Wildman–Crippen LogP) is 4.62. The molecular weight excluding hydrogens is 522 g/mol. The Labute approximate surface area is 231 Å². The van der Waals surface area contributed by atoms with Crippen LogP contribution in [0, 0.1) is 11.8 Å². The molecule has 0 aliphatic carbocycles. The second-order valence-corrected chi connectivity index (χ2v) is 11.1. The summed E-state index contributed by atoms with van der Waals surface area (Å²) in [4.78, 5) is 0.108. The van der Waals surface area contributed by atoms with Gasteiger partial charge in [0.05, 0.1) is 52.4 Å². The second-order valence-electron chi connectivity index (χ2n) is 9.01. The molecule has 1 aliphatic rings. The van der Waals surface area contributed by atoms with Gasteiger partial charge in [-0.25, -0.2) is 8.42 Å². The Balaban J connectivity index is 2.02. The molecule has 1 aliphatic heterocycles. The third-order valence-corrected chi connectivity index (χ3v) is 8.20. The van der Waals surface area contributed by atoms with Gasteiger partial charge in [-0.2, -0.15) is 0 Å². The molecule has 9 nitrogen and oxygen atoms in total. The fourth-order valence-corrected chi connectivity index (χ4v) is 6.01. The molecule has 1 fully saturated rings. The lowest BCUT2D eigenvalue weighted by Crippen LogP contribution is -2.12. The van der Waals surface area contributed by atoms with E-state index >= 15 is 0 Å². The van der Waals surface area contributed by atoms with Crippen molar-refractivity contribution in [2.24, 2.45) is 5.73 Å². The molecule has 1 heterocycles. The van der Waals surface area contributed by atoms with Gasteiger partial charge in [-0.1, -0.05) is 25.7 Å². The third kappa shape index (κ3) is 7.29. The highest BCUT2D eigenvalue weighted by atomic mass is 32.2. The lowest BCUT2D eigenvalue weighted by Gasteiger charge is -2.21. The summed E-state index contributed by atoms with van der Waals surface area (Å²) in [6, 6.07) is 7.20. The quantitative estimate of drug-likeness (QED) is 0.350. The number of benzene rings is 2. The van der Waals surface area contributed by atoms with Crippen LogP contribution in [0.15, 0.2) is 29.2 Å². The van der Waals surface area contributed by atoms with Crippen molar-refractivity contribution >= 4 is 9.84 Å². The topological polar surface area (TPSA) is 116 Å². The fourth-order valence-electron chi connectivity index (χ4n) is 4.50. The minimum Gasteiger partial charge on any atom is -0.493 e. The lowest BCUT2D eigenvalue weighted by atomic mass is 10.0. The van der Waals surface area contributed by atoms with Gasteiger partial charge in [0, 0.05) is 0 Å². The standard InChI is InChI=1S/C29H39NO8S/c1-6-13-37-29-26(36-14-9-8-12-30)18-21(19-27(29)39(31,32)15-7-2)23-11-10-22(38-23)20-16-24(33-3)28(35-5)25(17-20)34-4/h16-19,22-23H,6-7,10-15,30H2,1-5H3/t22-,23?/m1/s1. The highest BCUT2D eigenvalue weighted by Gasteiger charge is 2.32. The van der Waals surface area contributed by atoms with Gasteiger partial charge in [0.1, 0.15) is 11.5 Å². The van der Waals surface area contributed by atoms with E-state index in [4.69, 9.17) is 34.2 Å². The van der Waals surface area contributed by atoms with Crippen LogP contribution < -0.4 is 29.4 Å². The van der Waals surface area contributed by atoms with Crippen molar-refractivity contribution in [1.82, 2.24) is 0 Å². The highest BCUT2D eigenvalue weighted by Crippen LogP contribution is 2.48. The van der Waals surface area contributed by atoms with Crippen LogP contribution in [0.5, 0.6) is 28.7 Å². The van der Waals surface area contributed by atoms with Gasteiger partial charge in [-0.3, -0.25) is 0 Å². The number of hydrogen-bond donors (Lipinski definition) is 1. The summed E-state index contributed by atoms with van der Waals surface area (Å²) >= 11 is 0. The van der Waals surface area contributed by atoms with E-state index in [-0.39, 0.29) is 41.8 Å². The molecule has 1 saturated heterocycles. The van der Waals surface area contributed by atoms with Gasteiger partial charge < -0.3 is 34.2 Å². The van der Waals surface area contributed by atoms with Crippen LogP contribution in [-0.4, -0.2) is 55.3 Å². The van der Waals surface area contributed by atoms with E-state index < -0.39 is 9.84 Å². The number of ether oxygens (including phenoxy) is 6. The molecule has 2 N–H and O–H groups in total. The van der Waals surface area contributed by atoms with Crippen molar-refractivity contribution in [3.05, 3.63) is 35.4 Å². The molecule has 214 valence electrons. The number of hydrogen-bond acceptors (Lipinski definition) is 9. The van der Waals surface area contributed by atoms with Crippen LogP contribution in [0.2, 0.25) is 0 Å². The van der Waals surface area contributed by atoms with E-state index in [0.29, 0.717) is 60.9 Å². The first-order valence-electron chi connectivity index (χ1n) is 13.1. The van der Waals surface area contributed by atoms with Crippen LogP contribution >= 0.6 is 0 Å². The first-order chi connectivity index (χ1) is 18.8. The van der Waals surface area contributed by atoms with Gasteiger partial charge >= 0.3 is 0 Å². The molecule has 2 atom stereocenters.